The molecule has 0 spiro atoms. The van der Waals surface area contributed by atoms with Gasteiger partial charge >= 0.3 is 5.97 Å². The number of hydrogen-bond donors (Lipinski definition) is 1. The molecule has 0 fully saturated rings. The van der Waals surface area contributed by atoms with Crippen LogP contribution in [-0.2, 0) is 4.74 Å². The summed E-state index contributed by atoms with van der Waals surface area (Å²) in [6.07, 6.45) is 3.39. The van der Waals surface area contributed by atoms with Crippen LogP contribution in [0.5, 0.6) is 0 Å². The summed E-state index contributed by atoms with van der Waals surface area (Å²) >= 11 is 1.42. The van der Waals surface area contributed by atoms with Gasteiger partial charge in [-0.05, 0) is 13.0 Å². The number of esters is 1. The topological polar surface area (TPSA) is 80.8 Å². The van der Waals surface area contributed by atoms with Crippen molar-refractivity contribution in [3.63, 3.8) is 0 Å². The van der Waals surface area contributed by atoms with Gasteiger partial charge in [0.1, 0.15) is 0 Å². The van der Waals surface area contributed by atoms with Gasteiger partial charge in [-0.3, -0.25) is 4.98 Å². The molecule has 0 aromatic carbocycles. The van der Waals surface area contributed by atoms with Gasteiger partial charge in [-0.1, -0.05) is 0 Å². The Morgan fingerprint density at radius 3 is 3.11 bits per heavy atom. The molecule has 7 heteroatoms. The molecule has 0 bridgehead atoms. The normalized spacial score (nSPS) is 10.8. The maximum atomic E-state index is 11.9. The fraction of sp³-hybridized carbons (Fsp3) is 0.167. The molecule has 0 saturated heterocycles. The summed E-state index contributed by atoms with van der Waals surface area (Å²) in [5.41, 5.74) is 3.22. The number of nitrogens with one attached hydrogen (secondary N) is 1. The number of rotatable bonds is 3. The molecule has 3 rings (SSSR count). The number of hydrogen-bond acceptors (Lipinski definition) is 6. The molecule has 6 nitrogen and oxygen atoms in total. The van der Waals surface area contributed by atoms with Crippen molar-refractivity contribution in [1.29, 1.82) is 0 Å². The number of H-pyrrole nitrogens is 1. The summed E-state index contributed by atoms with van der Waals surface area (Å²) < 4.78 is 5.02. The highest BCUT2D eigenvalue weighted by Crippen LogP contribution is 2.23. The molecule has 0 aliphatic heterocycles. The SMILES string of the molecule is CCOC(=O)c1nc(-c2cncs2)nc2cc[nH]c12. The van der Waals surface area contributed by atoms with Crippen LogP contribution in [0.4, 0.5) is 0 Å². The van der Waals surface area contributed by atoms with E-state index in [2.05, 4.69) is 19.9 Å². The maximum absolute atomic E-state index is 11.9. The summed E-state index contributed by atoms with van der Waals surface area (Å²) in [6.45, 7) is 2.07. The van der Waals surface area contributed by atoms with Gasteiger partial charge in [0.05, 0.1) is 28.0 Å². The van der Waals surface area contributed by atoms with Crippen molar-refractivity contribution in [1.82, 2.24) is 19.9 Å². The van der Waals surface area contributed by atoms with Gasteiger partial charge in [0, 0.05) is 12.4 Å². The van der Waals surface area contributed by atoms with E-state index >= 15 is 0 Å². The van der Waals surface area contributed by atoms with Crippen molar-refractivity contribution in [2.45, 2.75) is 6.92 Å². The van der Waals surface area contributed by atoms with Crippen LogP contribution in [0.1, 0.15) is 17.4 Å². The number of nitrogens with zero attached hydrogens (tertiary/aromatic N) is 3. The summed E-state index contributed by atoms with van der Waals surface area (Å²) in [5.74, 6) is 0.0285. The molecular formula is C12H10N4O2S. The molecule has 0 unspecified atom stereocenters. The monoisotopic (exact) mass is 274 g/mol. The van der Waals surface area contributed by atoms with Gasteiger partial charge in [0.2, 0.25) is 0 Å². The Morgan fingerprint density at radius 1 is 1.47 bits per heavy atom. The molecule has 96 valence electrons. The van der Waals surface area contributed by atoms with Crippen LogP contribution < -0.4 is 0 Å². The van der Waals surface area contributed by atoms with Crippen LogP contribution >= 0.6 is 11.3 Å². The lowest BCUT2D eigenvalue weighted by Crippen LogP contribution is -2.09. The molecule has 0 atom stereocenters. The average Bonchev–Trinajstić information content (AvgIpc) is 3.08. The Balaban J connectivity index is 2.18. The Labute approximate surface area is 112 Å². The molecule has 0 aliphatic carbocycles. The molecule has 3 heterocycles. The lowest BCUT2D eigenvalue weighted by molar-refractivity contribution is 0.0522. The third kappa shape index (κ3) is 2.08. The second-order valence-corrected chi connectivity index (χ2v) is 4.61. The molecule has 0 saturated carbocycles. The van der Waals surface area contributed by atoms with E-state index in [0.717, 1.165) is 4.88 Å². The lowest BCUT2D eigenvalue weighted by Gasteiger charge is -2.04. The van der Waals surface area contributed by atoms with Crippen LogP contribution in [0.3, 0.4) is 0 Å². The van der Waals surface area contributed by atoms with Gasteiger partial charge in [0.25, 0.3) is 0 Å². The second kappa shape index (κ2) is 4.77. The van der Waals surface area contributed by atoms with E-state index in [1.165, 1.54) is 11.3 Å². The molecule has 0 amide bonds. The highest BCUT2D eigenvalue weighted by molar-refractivity contribution is 7.13. The Morgan fingerprint density at radius 2 is 2.37 bits per heavy atom. The first-order valence-electron chi connectivity index (χ1n) is 5.70. The number of carbonyl (C=O) groups excluding carboxylic acids is 1. The van der Waals surface area contributed by atoms with Gasteiger partial charge in [-0.15, -0.1) is 11.3 Å². The molecule has 3 aromatic rings. The number of aromatic nitrogens is 4. The zero-order valence-corrected chi connectivity index (χ0v) is 10.9. The number of carbonyl (C=O) groups is 1. The van der Waals surface area contributed by atoms with E-state index in [1.54, 1.807) is 30.9 Å². The van der Waals surface area contributed by atoms with Gasteiger partial charge in [-0.2, -0.15) is 0 Å². The summed E-state index contributed by atoms with van der Waals surface area (Å²) in [4.78, 5) is 28.4. The van der Waals surface area contributed by atoms with E-state index in [-0.39, 0.29) is 5.69 Å². The molecule has 19 heavy (non-hydrogen) atoms. The molecular weight excluding hydrogens is 264 g/mol. The first-order valence-corrected chi connectivity index (χ1v) is 6.58. The Kier molecular flexibility index (Phi) is 2.96. The average molecular weight is 274 g/mol. The van der Waals surface area contributed by atoms with E-state index in [9.17, 15) is 4.79 Å². The summed E-state index contributed by atoms with van der Waals surface area (Å²) in [5, 5.41) is 0. The van der Waals surface area contributed by atoms with Crippen LogP contribution in [0.2, 0.25) is 0 Å². The fourth-order valence-electron chi connectivity index (χ4n) is 1.73. The van der Waals surface area contributed by atoms with Gasteiger partial charge in [0.15, 0.2) is 11.5 Å². The molecule has 1 N–H and O–H groups in total. The number of thiazole rings is 1. The van der Waals surface area contributed by atoms with Crippen LogP contribution in [0, 0.1) is 0 Å². The van der Waals surface area contributed by atoms with Crippen molar-refractivity contribution in [2.24, 2.45) is 0 Å². The Hall–Kier alpha value is -2.28. The van der Waals surface area contributed by atoms with E-state index in [4.69, 9.17) is 4.74 Å². The van der Waals surface area contributed by atoms with Crippen LogP contribution in [-0.4, -0.2) is 32.5 Å². The quantitative estimate of drug-likeness (QED) is 0.741. The molecule has 3 aromatic heterocycles. The minimum Gasteiger partial charge on any atom is -0.461 e. The minimum absolute atomic E-state index is 0.250. The highest BCUT2D eigenvalue weighted by Gasteiger charge is 2.18. The third-order valence-electron chi connectivity index (χ3n) is 2.53. The third-order valence-corrected chi connectivity index (χ3v) is 3.30. The second-order valence-electron chi connectivity index (χ2n) is 3.72. The van der Waals surface area contributed by atoms with Crippen LogP contribution in [0.25, 0.3) is 21.7 Å². The maximum Gasteiger partial charge on any atom is 0.359 e. The van der Waals surface area contributed by atoms with E-state index in [1.807, 2.05) is 0 Å². The van der Waals surface area contributed by atoms with E-state index in [0.29, 0.717) is 23.5 Å². The first kappa shape index (κ1) is 11.8. The zero-order chi connectivity index (χ0) is 13.2. The fourth-order valence-corrected chi connectivity index (χ4v) is 2.28. The summed E-state index contributed by atoms with van der Waals surface area (Å²) in [7, 11) is 0. The van der Waals surface area contributed by atoms with Gasteiger partial charge < -0.3 is 9.72 Å². The predicted octanol–water partition coefficient (Wildman–Crippen LogP) is 2.26. The standard InChI is InChI=1S/C12H10N4O2S/c1-2-18-12(17)10-9-7(3-4-14-9)15-11(16-10)8-5-13-6-19-8/h3-6,14H,2H2,1H3. The molecule has 0 aliphatic rings. The van der Waals surface area contributed by atoms with Crippen molar-refractivity contribution >= 4 is 28.3 Å². The smallest absolute Gasteiger partial charge is 0.359 e. The van der Waals surface area contributed by atoms with Crippen molar-refractivity contribution in [3.8, 4) is 10.7 Å². The lowest BCUT2D eigenvalue weighted by atomic mass is 10.3. The zero-order valence-electron chi connectivity index (χ0n) is 10.1. The predicted molar refractivity (Wildman–Crippen MR) is 71.0 cm³/mol. The van der Waals surface area contributed by atoms with Gasteiger partial charge in [-0.25, -0.2) is 14.8 Å². The van der Waals surface area contributed by atoms with Crippen molar-refractivity contribution < 1.29 is 9.53 Å². The van der Waals surface area contributed by atoms with Crippen molar-refractivity contribution in [3.05, 3.63) is 29.7 Å². The van der Waals surface area contributed by atoms with Crippen LogP contribution in [0.15, 0.2) is 24.0 Å². The minimum atomic E-state index is -0.455. The van der Waals surface area contributed by atoms with Crippen molar-refractivity contribution in [2.75, 3.05) is 6.61 Å². The number of fused-ring (bicyclic) bond motifs is 1. The highest BCUT2D eigenvalue weighted by atomic mass is 32.1. The molecule has 0 radical (unpaired) electrons. The van der Waals surface area contributed by atoms with E-state index < -0.39 is 5.97 Å². The number of ether oxygens (including phenoxy) is 1. The number of aromatic amines is 1. The largest absolute Gasteiger partial charge is 0.461 e. The summed E-state index contributed by atoms with van der Waals surface area (Å²) in [6, 6.07) is 1.80. The first-order chi connectivity index (χ1) is 9.29. The Bertz CT molecular complexity index is 720.